The average molecular weight is 354 g/mol. The number of methoxy groups -OCH3 is 1. The van der Waals surface area contributed by atoms with E-state index in [2.05, 4.69) is 4.72 Å². The molecular formula is C17H26N2O4S. The molecule has 1 aromatic carbocycles. The summed E-state index contributed by atoms with van der Waals surface area (Å²) in [4.78, 5) is 2.24. The van der Waals surface area contributed by atoms with E-state index in [4.69, 9.17) is 9.47 Å². The van der Waals surface area contributed by atoms with E-state index in [0.29, 0.717) is 12.4 Å². The summed E-state index contributed by atoms with van der Waals surface area (Å²) in [6.45, 7) is 4.54. The van der Waals surface area contributed by atoms with Gasteiger partial charge in [-0.3, -0.25) is 0 Å². The zero-order valence-corrected chi connectivity index (χ0v) is 15.7. The number of nitrogens with zero attached hydrogens (tertiary/aromatic N) is 1. The number of fused-ring (bicyclic) bond motifs is 1. The van der Waals surface area contributed by atoms with Gasteiger partial charge in [-0.25, -0.2) is 13.1 Å². The molecule has 4 atom stereocenters. The van der Waals surface area contributed by atoms with Crippen molar-refractivity contribution in [3.63, 3.8) is 0 Å². The van der Waals surface area contributed by atoms with Crippen LogP contribution in [0.4, 0.5) is 0 Å². The molecule has 1 aliphatic heterocycles. The van der Waals surface area contributed by atoms with Crippen LogP contribution in [0.2, 0.25) is 0 Å². The highest BCUT2D eigenvalue weighted by Gasteiger charge is 2.56. The Morgan fingerprint density at radius 2 is 1.92 bits per heavy atom. The van der Waals surface area contributed by atoms with Gasteiger partial charge in [-0.05, 0) is 57.6 Å². The summed E-state index contributed by atoms with van der Waals surface area (Å²) < 4.78 is 39.9. The van der Waals surface area contributed by atoms with Crippen molar-refractivity contribution in [3.8, 4) is 5.75 Å². The number of ether oxygens (including phenoxy) is 2. The molecular weight excluding hydrogens is 328 g/mol. The summed E-state index contributed by atoms with van der Waals surface area (Å²) in [6, 6.07) is 3.38. The highest BCUT2D eigenvalue weighted by Crippen LogP contribution is 2.42. The van der Waals surface area contributed by atoms with E-state index in [1.807, 2.05) is 32.8 Å². The van der Waals surface area contributed by atoms with Gasteiger partial charge in [0.2, 0.25) is 10.0 Å². The normalized spacial score (nSPS) is 29.4. The molecule has 1 heterocycles. The minimum atomic E-state index is -3.66. The summed E-state index contributed by atoms with van der Waals surface area (Å²) in [7, 11) is 1.75. The molecule has 1 N–H and O–H groups in total. The van der Waals surface area contributed by atoms with Crippen LogP contribution in [0.25, 0.3) is 0 Å². The molecule has 0 bridgehead atoms. The third-order valence-corrected chi connectivity index (χ3v) is 6.79. The fourth-order valence-corrected chi connectivity index (χ4v) is 5.36. The molecule has 1 saturated carbocycles. The molecule has 0 amide bonds. The molecule has 1 aromatic rings. The summed E-state index contributed by atoms with van der Waals surface area (Å²) in [6.07, 6.45) is 1.01. The van der Waals surface area contributed by atoms with Gasteiger partial charge in [-0.15, -0.1) is 0 Å². The van der Waals surface area contributed by atoms with Gasteiger partial charge in [0.05, 0.1) is 19.3 Å². The monoisotopic (exact) mass is 354 g/mol. The SMILES string of the molecule is COc1cc(C)c(C)cc1S(=O)(=O)N[C@H]1[C@H]2CCO[C@H]2[C@@H]1N(C)C. The summed E-state index contributed by atoms with van der Waals surface area (Å²) in [5.74, 6) is 0.621. The first-order valence-corrected chi connectivity index (χ1v) is 9.70. The lowest BCUT2D eigenvalue weighted by Crippen LogP contribution is -2.69. The van der Waals surface area contributed by atoms with Crippen LogP contribution in [0.1, 0.15) is 17.5 Å². The molecule has 0 radical (unpaired) electrons. The van der Waals surface area contributed by atoms with E-state index < -0.39 is 10.0 Å². The second kappa shape index (κ2) is 6.29. The average Bonchev–Trinajstić information content (AvgIpc) is 2.90. The Morgan fingerprint density at radius 1 is 1.25 bits per heavy atom. The molecule has 0 spiro atoms. The predicted molar refractivity (Wildman–Crippen MR) is 91.9 cm³/mol. The highest BCUT2D eigenvalue weighted by atomic mass is 32.2. The van der Waals surface area contributed by atoms with Gasteiger partial charge >= 0.3 is 0 Å². The Bertz CT molecular complexity index is 732. The number of rotatable bonds is 5. The summed E-state index contributed by atoms with van der Waals surface area (Å²) in [5, 5.41) is 0. The van der Waals surface area contributed by atoms with Crippen LogP contribution >= 0.6 is 0 Å². The maximum Gasteiger partial charge on any atom is 0.244 e. The van der Waals surface area contributed by atoms with E-state index in [-0.39, 0.29) is 29.0 Å². The first-order valence-electron chi connectivity index (χ1n) is 8.22. The topological polar surface area (TPSA) is 67.9 Å². The van der Waals surface area contributed by atoms with E-state index in [9.17, 15) is 8.42 Å². The van der Waals surface area contributed by atoms with E-state index in [0.717, 1.165) is 17.5 Å². The van der Waals surface area contributed by atoms with Crippen LogP contribution in [0.3, 0.4) is 0 Å². The van der Waals surface area contributed by atoms with Crippen molar-refractivity contribution in [3.05, 3.63) is 23.3 Å². The fourth-order valence-electron chi connectivity index (χ4n) is 3.82. The van der Waals surface area contributed by atoms with Crippen LogP contribution in [0.5, 0.6) is 5.75 Å². The second-order valence-corrected chi connectivity index (χ2v) is 8.66. The number of aryl methyl sites for hydroxylation is 2. The van der Waals surface area contributed by atoms with Crippen molar-refractivity contribution in [2.24, 2.45) is 5.92 Å². The Morgan fingerprint density at radius 3 is 2.54 bits per heavy atom. The molecule has 1 saturated heterocycles. The van der Waals surface area contributed by atoms with Crippen LogP contribution in [-0.2, 0) is 14.8 Å². The zero-order chi connectivity index (χ0) is 17.6. The lowest BCUT2D eigenvalue weighted by Gasteiger charge is -2.50. The Hall–Kier alpha value is -1.15. The quantitative estimate of drug-likeness (QED) is 0.863. The molecule has 1 aliphatic carbocycles. The smallest absolute Gasteiger partial charge is 0.244 e. The Kier molecular flexibility index (Phi) is 4.63. The van der Waals surface area contributed by atoms with Gasteiger partial charge in [0, 0.05) is 18.6 Å². The van der Waals surface area contributed by atoms with E-state index in [1.165, 1.54) is 7.11 Å². The van der Waals surface area contributed by atoms with Gasteiger partial charge in [0.1, 0.15) is 10.6 Å². The van der Waals surface area contributed by atoms with Crippen LogP contribution in [0, 0.1) is 19.8 Å². The number of sulfonamides is 1. The second-order valence-electron chi connectivity index (χ2n) is 6.98. The number of hydrogen-bond acceptors (Lipinski definition) is 5. The van der Waals surface area contributed by atoms with Crippen molar-refractivity contribution >= 4 is 10.0 Å². The van der Waals surface area contributed by atoms with Crippen LogP contribution in [0.15, 0.2) is 17.0 Å². The van der Waals surface area contributed by atoms with Crippen molar-refractivity contribution in [1.82, 2.24) is 9.62 Å². The van der Waals surface area contributed by atoms with E-state index >= 15 is 0 Å². The molecule has 0 aromatic heterocycles. The van der Waals surface area contributed by atoms with E-state index in [1.54, 1.807) is 12.1 Å². The number of likely N-dealkylation sites (N-methyl/N-ethyl adjacent to an activating group) is 1. The standard InChI is InChI=1S/C17H26N2O4S/c1-10-8-13(22-5)14(9-11(10)2)24(20,21)18-15-12-6-7-23-17(12)16(15)19(3)4/h8-9,12,15-18H,6-7H2,1-5H3/t12-,15+,16-,17-/m1/s1. The Labute approximate surface area is 144 Å². The van der Waals surface area contributed by atoms with Crippen molar-refractivity contribution in [1.29, 1.82) is 0 Å². The third-order valence-electron chi connectivity index (χ3n) is 5.31. The first kappa shape index (κ1) is 17.7. The summed E-state index contributed by atoms with van der Waals surface area (Å²) >= 11 is 0. The third kappa shape index (κ3) is 2.83. The predicted octanol–water partition coefficient (Wildman–Crippen LogP) is 1.31. The minimum Gasteiger partial charge on any atom is -0.495 e. The van der Waals surface area contributed by atoms with Gasteiger partial charge < -0.3 is 14.4 Å². The maximum absolute atomic E-state index is 13.0. The molecule has 2 aliphatic rings. The van der Waals surface area contributed by atoms with Gasteiger partial charge in [-0.1, -0.05) is 0 Å². The van der Waals surface area contributed by atoms with Crippen LogP contribution in [-0.4, -0.2) is 59.3 Å². The van der Waals surface area contributed by atoms with Crippen molar-refractivity contribution in [2.45, 2.75) is 43.4 Å². The minimum absolute atomic E-state index is 0.0600. The number of hydrogen-bond donors (Lipinski definition) is 1. The maximum atomic E-state index is 13.0. The highest BCUT2D eigenvalue weighted by molar-refractivity contribution is 7.89. The largest absolute Gasteiger partial charge is 0.495 e. The molecule has 3 rings (SSSR count). The molecule has 0 unspecified atom stereocenters. The van der Waals surface area contributed by atoms with Gasteiger partial charge in [-0.2, -0.15) is 0 Å². The lowest BCUT2D eigenvalue weighted by molar-refractivity contribution is -0.0626. The molecule has 7 heteroatoms. The number of nitrogens with one attached hydrogen (secondary N) is 1. The van der Waals surface area contributed by atoms with Gasteiger partial charge in [0.25, 0.3) is 0 Å². The van der Waals surface area contributed by atoms with Crippen LogP contribution < -0.4 is 9.46 Å². The van der Waals surface area contributed by atoms with Gasteiger partial charge in [0.15, 0.2) is 0 Å². The molecule has 24 heavy (non-hydrogen) atoms. The van der Waals surface area contributed by atoms with Crippen molar-refractivity contribution in [2.75, 3.05) is 27.8 Å². The summed E-state index contributed by atoms with van der Waals surface area (Å²) in [5.41, 5.74) is 1.93. The molecule has 6 nitrogen and oxygen atoms in total. The zero-order valence-electron chi connectivity index (χ0n) is 14.9. The molecule has 134 valence electrons. The number of benzene rings is 1. The van der Waals surface area contributed by atoms with Crippen molar-refractivity contribution < 1.29 is 17.9 Å². The Balaban J connectivity index is 1.90. The first-order chi connectivity index (χ1) is 11.3. The fraction of sp³-hybridized carbons (Fsp3) is 0.647. The molecule has 2 fully saturated rings. The lowest BCUT2D eigenvalue weighted by atomic mass is 9.71.